The Morgan fingerprint density at radius 3 is 2.45 bits per heavy atom. The normalized spacial score (nSPS) is 19.8. The Morgan fingerprint density at radius 2 is 1.86 bits per heavy atom. The molecule has 0 unspecified atom stereocenters. The van der Waals surface area contributed by atoms with Crippen molar-refractivity contribution in [2.45, 2.75) is 13.3 Å². The predicted molar refractivity (Wildman–Crippen MR) is 86.7 cm³/mol. The van der Waals surface area contributed by atoms with Crippen molar-refractivity contribution in [2.24, 2.45) is 11.8 Å². The maximum absolute atomic E-state index is 14.1. The Morgan fingerprint density at radius 1 is 1.23 bits per heavy atom. The fourth-order valence-electron chi connectivity index (χ4n) is 2.36. The van der Waals surface area contributed by atoms with Crippen molar-refractivity contribution in [1.29, 1.82) is 0 Å². The number of benzene rings is 2. The average Bonchev–Trinajstić information content (AvgIpc) is 3.21. The molecule has 0 aliphatic heterocycles. The van der Waals surface area contributed by atoms with Gasteiger partial charge in [0.2, 0.25) is 0 Å². The van der Waals surface area contributed by atoms with E-state index in [2.05, 4.69) is 22.9 Å². The molecule has 1 fully saturated rings. The molecule has 0 saturated heterocycles. The molecule has 1 aliphatic carbocycles. The van der Waals surface area contributed by atoms with E-state index < -0.39 is 5.82 Å². The van der Waals surface area contributed by atoms with Crippen LogP contribution in [0.2, 0.25) is 0 Å². The molecular formula is C18H16BrFO2. The van der Waals surface area contributed by atoms with Gasteiger partial charge in [-0.05, 0) is 60.7 Å². The molecule has 22 heavy (non-hydrogen) atoms. The van der Waals surface area contributed by atoms with Crippen molar-refractivity contribution in [3.63, 3.8) is 0 Å². The summed E-state index contributed by atoms with van der Waals surface area (Å²) in [7, 11) is 0. The Labute approximate surface area is 137 Å². The third-order valence-electron chi connectivity index (χ3n) is 4.03. The molecule has 0 spiro atoms. The second-order valence-corrected chi connectivity index (χ2v) is 6.68. The summed E-state index contributed by atoms with van der Waals surface area (Å²) in [6, 6.07) is 11.4. The predicted octanol–water partition coefficient (Wildman–Crippen LogP) is 4.85. The zero-order valence-electron chi connectivity index (χ0n) is 12.2. The fourth-order valence-corrected chi connectivity index (χ4v) is 2.62. The van der Waals surface area contributed by atoms with Crippen LogP contribution in [0, 0.1) is 17.7 Å². The van der Waals surface area contributed by atoms with Crippen LogP contribution in [0.4, 0.5) is 4.39 Å². The third-order valence-corrected chi connectivity index (χ3v) is 4.56. The van der Waals surface area contributed by atoms with Crippen LogP contribution < -0.4 is 4.74 Å². The van der Waals surface area contributed by atoms with Crippen molar-refractivity contribution in [1.82, 2.24) is 0 Å². The second-order valence-electron chi connectivity index (χ2n) is 5.77. The van der Waals surface area contributed by atoms with Gasteiger partial charge < -0.3 is 4.74 Å². The molecule has 0 heterocycles. The lowest BCUT2D eigenvalue weighted by molar-refractivity contribution is 0.103. The highest BCUT2D eigenvalue weighted by Gasteiger charge is 2.33. The van der Waals surface area contributed by atoms with Gasteiger partial charge in [-0.15, -0.1) is 0 Å². The highest BCUT2D eigenvalue weighted by Crippen LogP contribution is 2.38. The number of halogens is 2. The van der Waals surface area contributed by atoms with Gasteiger partial charge in [-0.25, -0.2) is 4.39 Å². The molecule has 0 amide bonds. The van der Waals surface area contributed by atoms with Gasteiger partial charge in [0.05, 0.1) is 6.61 Å². The zero-order valence-corrected chi connectivity index (χ0v) is 13.8. The van der Waals surface area contributed by atoms with E-state index in [1.54, 1.807) is 30.3 Å². The van der Waals surface area contributed by atoms with Crippen LogP contribution in [-0.2, 0) is 0 Å². The van der Waals surface area contributed by atoms with Crippen LogP contribution in [-0.4, -0.2) is 12.4 Å². The summed E-state index contributed by atoms with van der Waals surface area (Å²) in [5.74, 6) is 0.723. The van der Waals surface area contributed by atoms with E-state index in [4.69, 9.17) is 4.74 Å². The molecule has 114 valence electrons. The van der Waals surface area contributed by atoms with Crippen LogP contribution >= 0.6 is 15.9 Å². The van der Waals surface area contributed by atoms with Crippen molar-refractivity contribution in [2.75, 3.05) is 6.61 Å². The molecule has 0 radical (unpaired) electrons. The van der Waals surface area contributed by atoms with Crippen molar-refractivity contribution < 1.29 is 13.9 Å². The molecular weight excluding hydrogens is 347 g/mol. The first-order valence-corrected chi connectivity index (χ1v) is 8.06. The first-order valence-electron chi connectivity index (χ1n) is 7.27. The minimum atomic E-state index is -0.490. The molecule has 3 rings (SSSR count). The van der Waals surface area contributed by atoms with Gasteiger partial charge in [0.25, 0.3) is 0 Å². The van der Waals surface area contributed by atoms with Gasteiger partial charge in [-0.2, -0.15) is 0 Å². The first kappa shape index (κ1) is 15.2. The van der Waals surface area contributed by atoms with Gasteiger partial charge >= 0.3 is 0 Å². The first-order chi connectivity index (χ1) is 10.5. The Bertz CT molecular complexity index is 697. The highest BCUT2D eigenvalue weighted by atomic mass is 79.9. The number of carbonyl (C=O) groups excluding carboxylic acids is 1. The minimum Gasteiger partial charge on any atom is -0.490 e. The smallest absolute Gasteiger partial charge is 0.193 e. The summed E-state index contributed by atoms with van der Waals surface area (Å²) in [5.41, 5.74) is 0.857. The largest absolute Gasteiger partial charge is 0.490 e. The molecule has 1 aliphatic rings. The van der Waals surface area contributed by atoms with Gasteiger partial charge in [-0.3, -0.25) is 4.79 Å². The van der Waals surface area contributed by atoms with E-state index in [1.807, 2.05) is 0 Å². The van der Waals surface area contributed by atoms with Crippen LogP contribution in [0.3, 0.4) is 0 Å². The lowest BCUT2D eigenvalue weighted by Gasteiger charge is -2.08. The lowest BCUT2D eigenvalue weighted by atomic mass is 10.0. The van der Waals surface area contributed by atoms with Crippen LogP contribution in [0.5, 0.6) is 5.75 Å². The molecule has 0 N–H and O–H groups in total. The number of ketones is 1. The van der Waals surface area contributed by atoms with Crippen LogP contribution in [0.15, 0.2) is 46.9 Å². The van der Waals surface area contributed by atoms with Crippen LogP contribution in [0.1, 0.15) is 29.3 Å². The monoisotopic (exact) mass is 362 g/mol. The SMILES string of the molecule is C[C@@H]1C[C@H]1COc1ccc(C(=O)c2ccc(Br)cc2)cc1F. The molecule has 4 heteroatoms. The summed E-state index contributed by atoms with van der Waals surface area (Å²) in [6.07, 6.45) is 1.14. The molecule has 2 aromatic rings. The fraction of sp³-hybridized carbons (Fsp3) is 0.278. The van der Waals surface area contributed by atoms with E-state index in [-0.39, 0.29) is 11.5 Å². The number of ether oxygens (including phenoxy) is 1. The summed E-state index contributed by atoms with van der Waals surface area (Å²) >= 11 is 3.32. The number of rotatable bonds is 5. The van der Waals surface area contributed by atoms with Crippen molar-refractivity contribution in [3.8, 4) is 5.75 Å². The Hall–Kier alpha value is -1.68. The van der Waals surface area contributed by atoms with E-state index in [9.17, 15) is 9.18 Å². The standard InChI is InChI=1S/C18H16BrFO2/c1-11-8-14(11)10-22-17-7-4-13(9-16(17)20)18(21)12-2-5-15(19)6-3-12/h2-7,9,11,14H,8,10H2,1H3/t11-,14+/m1/s1. The van der Waals surface area contributed by atoms with E-state index in [0.29, 0.717) is 29.6 Å². The van der Waals surface area contributed by atoms with Gasteiger partial charge in [0.15, 0.2) is 17.3 Å². The quantitative estimate of drug-likeness (QED) is 0.710. The molecule has 1 saturated carbocycles. The summed E-state index contributed by atoms with van der Waals surface area (Å²) in [6.45, 7) is 2.70. The average molecular weight is 363 g/mol. The van der Waals surface area contributed by atoms with Gasteiger partial charge in [0, 0.05) is 15.6 Å². The van der Waals surface area contributed by atoms with E-state index >= 15 is 0 Å². The van der Waals surface area contributed by atoms with Crippen LogP contribution in [0.25, 0.3) is 0 Å². The molecule has 2 nitrogen and oxygen atoms in total. The Balaban J connectivity index is 1.73. The zero-order chi connectivity index (χ0) is 15.7. The third kappa shape index (κ3) is 3.38. The van der Waals surface area contributed by atoms with E-state index in [0.717, 1.165) is 10.9 Å². The van der Waals surface area contributed by atoms with Gasteiger partial charge in [0.1, 0.15) is 0 Å². The summed E-state index contributed by atoms with van der Waals surface area (Å²) < 4.78 is 20.5. The Kier molecular flexibility index (Phi) is 4.30. The number of carbonyl (C=O) groups is 1. The molecule has 0 bridgehead atoms. The molecule has 0 aromatic heterocycles. The number of hydrogen-bond acceptors (Lipinski definition) is 2. The topological polar surface area (TPSA) is 26.3 Å². The van der Waals surface area contributed by atoms with Crippen molar-refractivity contribution >= 4 is 21.7 Å². The van der Waals surface area contributed by atoms with E-state index in [1.165, 1.54) is 12.1 Å². The minimum absolute atomic E-state index is 0.200. The van der Waals surface area contributed by atoms with Crippen molar-refractivity contribution in [3.05, 3.63) is 63.9 Å². The lowest BCUT2D eigenvalue weighted by Crippen LogP contribution is -2.05. The van der Waals surface area contributed by atoms with Gasteiger partial charge in [-0.1, -0.05) is 22.9 Å². The highest BCUT2D eigenvalue weighted by molar-refractivity contribution is 9.10. The molecule has 2 aromatic carbocycles. The second kappa shape index (κ2) is 6.21. The number of hydrogen-bond donors (Lipinski definition) is 0. The maximum Gasteiger partial charge on any atom is 0.193 e. The maximum atomic E-state index is 14.1. The molecule has 2 atom stereocenters. The summed E-state index contributed by atoms with van der Waals surface area (Å²) in [4.78, 5) is 12.3. The summed E-state index contributed by atoms with van der Waals surface area (Å²) in [5, 5.41) is 0.